The Labute approximate surface area is 125 Å². The van der Waals surface area contributed by atoms with Crippen molar-refractivity contribution in [3.63, 3.8) is 0 Å². The molecule has 1 amide bonds. The van der Waals surface area contributed by atoms with Crippen molar-refractivity contribution >= 4 is 5.91 Å². The van der Waals surface area contributed by atoms with Crippen molar-refractivity contribution in [1.82, 2.24) is 10.3 Å². The maximum atomic E-state index is 12.2. The van der Waals surface area contributed by atoms with E-state index >= 15 is 0 Å². The van der Waals surface area contributed by atoms with Gasteiger partial charge in [-0.15, -0.1) is 0 Å². The number of carbonyl (C=O) groups is 1. The molecular weight excluding hydrogens is 260 g/mol. The smallest absolute Gasteiger partial charge is 0.269 e. The van der Waals surface area contributed by atoms with Crippen molar-refractivity contribution in [1.29, 1.82) is 0 Å². The fourth-order valence-corrected chi connectivity index (χ4v) is 3.25. The van der Waals surface area contributed by atoms with Gasteiger partial charge >= 0.3 is 0 Å². The predicted molar refractivity (Wildman–Crippen MR) is 83.2 cm³/mol. The number of carbonyl (C=O) groups excluding carboxylic acids is 1. The van der Waals surface area contributed by atoms with Gasteiger partial charge < -0.3 is 5.32 Å². The third-order valence-corrected chi connectivity index (χ3v) is 4.43. The Bertz CT molecular complexity index is 589. The van der Waals surface area contributed by atoms with Crippen molar-refractivity contribution in [2.75, 3.05) is 6.54 Å². The molecule has 0 bridgehead atoms. The molecule has 1 aliphatic carbocycles. The first-order valence-electron chi connectivity index (χ1n) is 7.55. The van der Waals surface area contributed by atoms with Crippen LogP contribution in [-0.2, 0) is 5.41 Å². The second-order valence-electron chi connectivity index (χ2n) is 5.75. The van der Waals surface area contributed by atoms with E-state index in [9.17, 15) is 4.79 Å². The molecule has 3 nitrogen and oxygen atoms in total. The minimum absolute atomic E-state index is 0.0854. The fraction of sp³-hybridized carbons (Fsp3) is 0.333. The summed E-state index contributed by atoms with van der Waals surface area (Å²) < 4.78 is 0. The number of aromatic nitrogens is 1. The summed E-state index contributed by atoms with van der Waals surface area (Å²) in [5.74, 6) is -0.0854. The number of nitrogens with zero attached hydrogens (tertiary/aromatic N) is 1. The van der Waals surface area contributed by atoms with Crippen molar-refractivity contribution in [3.8, 4) is 0 Å². The van der Waals surface area contributed by atoms with Crippen LogP contribution in [0.1, 0.15) is 41.7 Å². The molecule has 0 radical (unpaired) electrons. The summed E-state index contributed by atoms with van der Waals surface area (Å²) >= 11 is 0. The van der Waals surface area contributed by atoms with E-state index in [4.69, 9.17) is 0 Å². The van der Waals surface area contributed by atoms with Gasteiger partial charge in [-0.2, -0.15) is 0 Å². The molecule has 0 atom stereocenters. The lowest BCUT2D eigenvalue weighted by Gasteiger charge is -2.30. The van der Waals surface area contributed by atoms with E-state index in [1.54, 1.807) is 12.3 Å². The molecule has 0 unspecified atom stereocenters. The summed E-state index contributed by atoms with van der Waals surface area (Å²) in [7, 11) is 0. The molecule has 1 N–H and O–H groups in total. The van der Waals surface area contributed by atoms with Crippen molar-refractivity contribution in [3.05, 3.63) is 66.0 Å². The summed E-state index contributed by atoms with van der Waals surface area (Å²) in [4.78, 5) is 16.3. The Morgan fingerprint density at radius 2 is 1.76 bits per heavy atom. The lowest BCUT2D eigenvalue weighted by atomic mass is 9.79. The zero-order valence-corrected chi connectivity index (χ0v) is 12.1. The summed E-state index contributed by atoms with van der Waals surface area (Å²) in [5, 5.41) is 3.08. The van der Waals surface area contributed by atoms with E-state index in [1.165, 1.54) is 18.4 Å². The highest BCUT2D eigenvalue weighted by molar-refractivity contribution is 5.92. The van der Waals surface area contributed by atoms with Crippen LogP contribution in [0.25, 0.3) is 0 Å². The quantitative estimate of drug-likeness (QED) is 0.933. The summed E-state index contributed by atoms with van der Waals surface area (Å²) in [6, 6.07) is 16.0. The van der Waals surface area contributed by atoms with Crippen LogP contribution in [-0.4, -0.2) is 17.4 Å². The number of hydrogen-bond donors (Lipinski definition) is 1. The molecule has 3 rings (SSSR count). The number of nitrogens with one attached hydrogen (secondary N) is 1. The summed E-state index contributed by atoms with van der Waals surface area (Å²) in [6.07, 6.45) is 6.39. The molecule has 108 valence electrons. The number of pyridine rings is 1. The SMILES string of the molecule is O=C(NCC1(c2ccccc2)CCCC1)c1ccccn1. The lowest BCUT2D eigenvalue weighted by molar-refractivity contribution is 0.0938. The predicted octanol–water partition coefficient (Wildman–Crippen LogP) is 3.32. The number of amides is 1. The second kappa shape index (κ2) is 6.08. The number of rotatable bonds is 4. The second-order valence-corrected chi connectivity index (χ2v) is 5.75. The highest BCUT2D eigenvalue weighted by atomic mass is 16.1. The lowest BCUT2D eigenvalue weighted by Crippen LogP contribution is -2.39. The molecule has 1 fully saturated rings. The third kappa shape index (κ3) is 2.97. The minimum atomic E-state index is -0.0854. The number of benzene rings is 1. The van der Waals surface area contributed by atoms with E-state index < -0.39 is 0 Å². The maximum absolute atomic E-state index is 12.2. The monoisotopic (exact) mass is 280 g/mol. The maximum Gasteiger partial charge on any atom is 0.269 e. The van der Waals surface area contributed by atoms with Gasteiger partial charge in [0.05, 0.1) is 0 Å². The van der Waals surface area contributed by atoms with E-state index in [1.807, 2.05) is 18.2 Å². The molecule has 1 heterocycles. The van der Waals surface area contributed by atoms with Gasteiger partial charge in [0, 0.05) is 18.2 Å². The van der Waals surface area contributed by atoms with Crippen LogP contribution in [0.2, 0.25) is 0 Å². The minimum Gasteiger partial charge on any atom is -0.350 e. The molecule has 0 saturated heterocycles. The molecule has 1 aromatic carbocycles. The molecule has 2 aromatic rings. The van der Waals surface area contributed by atoms with Crippen molar-refractivity contribution in [2.45, 2.75) is 31.1 Å². The van der Waals surface area contributed by atoms with Gasteiger partial charge in [0.15, 0.2) is 0 Å². The average molecular weight is 280 g/mol. The van der Waals surface area contributed by atoms with Gasteiger partial charge in [-0.3, -0.25) is 9.78 Å². The van der Waals surface area contributed by atoms with Crippen LogP contribution < -0.4 is 5.32 Å². The number of hydrogen-bond acceptors (Lipinski definition) is 2. The Kier molecular flexibility index (Phi) is 4.00. The van der Waals surface area contributed by atoms with Crippen LogP contribution in [0.15, 0.2) is 54.7 Å². The summed E-state index contributed by atoms with van der Waals surface area (Å²) in [5.41, 5.74) is 1.91. The molecular formula is C18H20N2O. The Morgan fingerprint density at radius 1 is 1.05 bits per heavy atom. The Morgan fingerprint density at radius 3 is 2.43 bits per heavy atom. The van der Waals surface area contributed by atoms with Gasteiger partial charge in [-0.25, -0.2) is 0 Å². The van der Waals surface area contributed by atoms with Crippen LogP contribution in [0.5, 0.6) is 0 Å². The van der Waals surface area contributed by atoms with Crippen LogP contribution in [0.4, 0.5) is 0 Å². The molecule has 0 aliphatic heterocycles. The Hall–Kier alpha value is -2.16. The molecule has 1 aliphatic rings. The zero-order chi connectivity index (χ0) is 14.5. The highest BCUT2D eigenvalue weighted by Gasteiger charge is 2.35. The molecule has 0 spiro atoms. The van der Waals surface area contributed by atoms with Crippen LogP contribution in [0, 0.1) is 0 Å². The van der Waals surface area contributed by atoms with Gasteiger partial charge in [-0.1, -0.05) is 49.2 Å². The highest BCUT2D eigenvalue weighted by Crippen LogP contribution is 2.40. The fourth-order valence-electron chi connectivity index (χ4n) is 3.25. The van der Waals surface area contributed by atoms with E-state index in [2.05, 4.69) is 34.6 Å². The van der Waals surface area contributed by atoms with Gasteiger partial charge in [-0.05, 0) is 30.5 Å². The van der Waals surface area contributed by atoms with E-state index in [-0.39, 0.29) is 11.3 Å². The first-order chi connectivity index (χ1) is 10.3. The summed E-state index contributed by atoms with van der Waals surface area (Å²) in [6.45, 7) is 0.687. The standard InChI is InChI=1S/C18H20N2O/c21-17(16-10-4-7-13-19-16)20-14-18(11-5-6-12-18)15-8-2-1-3-9-15/h1-4,7-10,13H,5-6,11-12,14H2,(H,20,21). The first-order valence-corrected chi connectivity index (χ1v) is 7.55. The van der Waals surface area contributed by atoms with E-state index in [0.29, 0.717) is 12.2 Å². The van der Waals surface area contributed by atoms with Gasteiger partial charge in [0.1, 0.15) is 5.69 Å². The third-order valence-electron chi connectivity index (χ3n) is 4.43. The first kappa shape index (κ1) is 13.8. The topological polar surface area (TPSA) is 42.0 Å². The molecule has 3 heteroatoms. The molecule has 21 heavy (non-hydrogen) atoms. The van der Waals surface area contributed by atoms with Gasteiger partial charge in [0.25, 0.3) is 5.91 Å². The van der Waals surface area contributed by atoms with Crippen LogP contribution >= 0.6 is 0 Å². The van der Waals surface area contributed by atoms with Crippen molar-refractivity contribution < 1.29 is 4.79 Å². The van der Waals surface area contributed by atoms with Crippen molar-refractivity contribution in [2.24, 2.45) is 0 Å². The normalized spacial score (nSPS) is 16.6. The molecule has 1 saturated carbocycles. The van der Waals surface area contributed by atoms with E-state index in [0.717, 1.165) is 12.8 Å². The van der Waals surface area contributed by atoms with Crippen LogP contribution in [0.3, 0.4) is 0 Å². The largest absolute Gasteiger partial charge is 0.350 e. The zero-order valence-electron chi connectivity index (χ0n) is 12.1. The molecule has 1 aromatic heterocycles. The Balaban J connectivity index is 1.74. The van der Waals surface area contributed by atoms with Gasteiger partial charge in [0.2, 0.25) is 0 Å². The average Bonchev–Trinajstić information content (AvgIpc) is 3.04.